The number of pyridine rings is 2. The van der Waals surface area contributed by atoms with Gasteiger partial charge in [-0.15, -0.1) is 0 Å². The quantitative estimate of drug-likeness (QED) is 0.414. The fourth-order valence-electron chi connectivity index (χ4n) is 4.64. The Morgan fingerprint density at radius 3 is 2.32 bits per heavy atom. The maximum Gasteiger partial charge on any atom is 0.437 e. The van der Waals surface area contributed by atoms with Gasteiger partial charge in [-0.1, -0.05) is 17.7 Å². The van der Waals surface area contributed by atoms with Gasteiger partial charge in [0.05, 0.1) is 5.02 Å². The molecular formula is C25H26ClF3N6O2. The molecule has 3 aromatic rings. The number of carbonyl (C=O) groups is 1. The predicted molar refractivity (Wildman–Crippen MR) is 134 cm³/mol. The Morgan fingerprint density at radius 2 is 1.68 bits per heavy atom. The number of rotatable bonds is 6. The van der Waals surface area contributed by atoms with Gasteiger partial charge < -0.3 is 19.1 Å². The van der Waals surface area contributed by atoms with Crippen LogP contribution in [0.5, 0.6) is 0 Å². The molecule has 0 radical (unpaired) electrons. The fraction of sp³-hybridized carbons (Fsp3) is 0.440. The monoisotopic (exact) mass is 534 g/mol. The van der Waals surface area contributed by atoms with Gasteiger partial charge >= 0.3 is 6.18 Å². The molecule has 0 unspecified atom stereocenters. The van der Waals surface area contributed by atoms with E-state index >= 15 is 0 Å². The first kappa shape index (κ1) is 25.3. The van der Waals surface area contributed by atoms with Crippen molar-refractivity contribution in [3.8, 4) is 0 Å². The van der Waals surface area contributed by atoms with E-state index in [1.165, 1.54) is 6.20 Å². The lowest BCUT2D eigenvalue weighted by molar-refractivity contribution is -0.141. The smallest absolute Gasteiger partial charge is 0.420 e. The number of halogens is 4. The molecule has 0 amide bonds. The number of hydrogen-bond donors (Lipinski definition) is 0. The molecular weight excluding hydrogens is 509 g/mol. The molecule has 0 aliphatic carbocycles. The maximum atomic E-state index is 13.6. The predicted octanol–water partition coefficient (Wildman–Crippen LogP) is 4.88. The number of piperazine rings is 1. The molecule has 0 saturated carbocycles. The summed E-state index contributed by atoms with van der Waals surface area (Å²) in [7, 11) is 0. The van der Waals surface area contributed by atoms with E-state index in [0.29, 0.717) is 49.9 Å². The number of alkyl halides is 3. The van der Waals surface area contributed by atoms with Gasteiger partial charge in [-0.3, -0.25) is 4.79 Å². The fourth-order valence-corrected chi connectivity index (χ4v) is 4.88. The van der Waals surface area contributed by atoms with Crippen molar-refractivity contribution >= 4 is 35.0 Å². The molecule has 196 valence electrons. The lowest BCUT2D eigenvalue weighted by atomic mass is 10.1. The minimum atomic E-state index is -4.79. The van der Waals surface area contributed by atoms with E-state index in [1.54, 1.807) is 29.3 Å². The third-order valence-electron chi connectivity index (χ3n) is 6.58. The molecule has 2 aliphatic heterocycles. The van der Waals surface area contributed by atoms with Gasteiger partial charge in [-0.05, 0) is 43.0 Å². The second-order valence-electron chi connectivity index (χ2n) is 9.13. The van der Waals surface area contributed by atoms with Gasteiger partial charge in [0, 0.05) is 58.1 Å². The Hall–Kier alpha value is -3.34. The molecule has 8 nitrogen and oxygen atoms in total. The largest absolute Gasteiger partial charge is 0.437 e. The van der Waals surface area contributed by atoms with E-state index in [9.17, 15) is 18.0 Å². The Balaban J connectivity index is 1.24. The maximum absolute atomic E-state index is 13.6. The lowest BCUT2D eigenvalue weighted by Crippen LogP contribution is -2.47. The molecule has 0 spiro atoms. The summed E-state index contributed by atoms with van der Waals surface area (Å²) in [5.41, 5.74) is -0.773. The van der Waals surface area contributed by atoms with Crippen molar-refractivity contribution in [3.63, 3.8) is 0 Å². The zero-order valence-corrected chi connectivity index (χ0v) is 20.8. The lowest BCUT2D eigenvalue weighted by Gasteiger charge is -2.36. The van der Waals surface area contributed by atoms with Crippen LogP contribution in [0.4, 0.5) is 30.8 Å². The molecule has 0 N–H and O–H groups in total. The van der Waals surface area contributed by atoms with Gasteiger partial charge in [0.2, 0.25) is 11.5 Å². The summed E-state index contributed by atoms with van der Waals surface area (Å²) in [4.78, 5) is 31.2. The molecule has 2 fully saturated rings. The van der Waals surface area contributed by atoms with Crippen LogP contribution < -0.4 is 14.7 Å². The second-order valence-corrected chi connectivity index (χ2v) is 9.53. The standard InChI is InChI=1S/C25H26ClF3N6O2/c26-18-5-4-8-30-23(18)34-13-11-33(12-14-34)20-7-6-17(16-31-20)15-19(36)21-22(25(27,28)29)32-24(37-21)35-9-2-1-3-10-35/h4-8,16H,1-3,9-15H2. The normalized spacial score (nSPS) is 16.8. The van der Waals surface area contributed by atoms with E-state index in [4.69, 9.17) is 16.0 Å². The number of carbonyl (C=O) groups excluding carboxylic acids is 1. The van der Waals surface area contributed by atoms with Gasteiger partial charge in [0.25, 0.3) is 6.01 Å². The number of ketones is 1. The van der Waals surface area contributed by atoms with E-state index in [-0.39, 0.29) is 12.4 Å². The van der Waals surface area contributed by atoms with Crippen LogP contribution >= 0.6 is 11.6 Å². The highest BCUT2D eigenvalue weighted by atomic mass is 35.5. The van der Waals surface area contributed by atoms with Gasteiger partial charge in [-0.2, -0.15) is 18.2 Å². The molecule has 37 heavy (non-hydrogen) atoms. The summed E-state index contributed by atoms with van der Waals surface area (Å²) in [6, 6.07) is 6.93. The summed E-state index contributed by atoms with van der Waals surface area (Å²) in [5, 5.41) is 0.603. The van der Waals surface area contributed by atoms with Crippen LogP contribution in [-0.4, -0.2) is 60.0 Å². The van der Waals surface area contributed by atoms with E-state index < -0.39 is 23.4 Å². The number of anilines is 3. The van der Waals surface area contributed by atoms with Gasteiger partial charge in [-0.25, -0.2) is 9.97 Å². The third kappa shape index (κ3) is 5.66. The Morgan fingerprint density at radius 1 is 0.946 bits per heavy atom. The van der Waals surface area contributed by atoms with Gasteiger partial charge in [0.1, 0.15) is 11.6 Å². The van der Waals surface area contributed by atoms with Crippen molar-refractivity contribution in [2.45, 2.75) is 31.9 Å². The molecule has 5 heterocycles. The number of piperidine rings is 1. The molecule has 2 aliphatic rings. The van der Waals surface area contributed by atoms with E-state index in [0.717, 1.165) is 30.9 Å². The second kappa shape index (κ2) is 10.6. The topological polar surface area (TPSA) is 78.6 Å². The Labute approximate surface area is 217 Å². The SMILES string of the molecule is O=C(Cc1ccc(N2CCN(c3ncccc3Cl)CC2)nc1)c1oc(N2CCCCC2)nc1C(F)(F)F. The van der Waals surface area contributed by atoms with Crippen LogP contribution in [0.3, 0.4) is 0 Å². The molecule has 0 bridgehead atoms. The highest BCUT2D eigenvalue weighted by molar-refractivity contribution is 6.32. The first-order chi connectivity index (χ1) is 17.8. The molecule has 5 rings (SSSR count). The summed E-state index contributed by atoms with van der Waals surface area (Å²) in [6.07, 6.45) is 0.869. The zero-order valence-electron chi connectivity index (χ0n) is 20.0. The van der Waals surface area contributed by atoms with E-state index in [2.05, 4.69) is 24.8 Å². The molecule has 12 heteroatoms. The Kier molecular flexibility index (Phi) is 7.23. The van der Waals surface area contributed by atoms with Crippen molar-refractivity contribution in [2.75, 3.05) is 54.0 Å². The highest BCUT2D eigenvalue weighted by Crippen LogP contribution is 2.35. The van der Waals surface area contributed by atoms with Crippen LogP contribution in [0.15, 0.2) is 41.1 Å². The first-order valence-corrected chi connectivity index (χ1v) is 12.6. The van der Waals surface area contributed by atoms with Crippen LogP contribution in [-0.2, 0) is 12.6 Å². The average molecular weight is 535 g/mol. The van der Waals surface area contributed by atoms with Gasteiger partial charge in [0.15, 0.2) is 5.69 Å². The van der Waals surface area contributed by atoms with Crippen molar-refractivity contribution < 1.29 is 22.4 Å². The molecule has 0 aromatic carbocycles. The Bertz CT molecular complexity index is 1240. The van der Waals surface area contributed by atoms with Crippen molar-refractivity contribution in [3.05, 3.63) is 58.7 Å². The summed E-state index contributed by atoms with van der Waals surface area (Å²) in [6.45, 7) is 3.93. The van der Waals surface area contributed by atoms with Crippen LogP contribution in [0.1, 0.15) is 41.1 Å². The minimum absolute atomic E-state index is 0.144. The van der Waals surface area contributed by atoms with Crippen LogP contribution in [0.25, 0.3) is 0 Å². The summed E-state index contributed by atoms with van der Waals surface area (Å²) in [5.74, 6) is -0.0503. The summed E-state index contributed by atoms with van der Waals surface area (Å²) < 4.78 is 46.2. The zero-order chi connectivity index (χ0) is 26.0. The number of aromatic nitrogens is 3. The minimum Gasteiger partial charge on any atom is -0.420 e. The average Bonchev–Trinajstić information content (AvgIpc) is 3.37. The first-order valence-electron chi connectivity index (χ1n) is 12.2. The third-order valence-corrected chi connectivity index (χ3v) is 6.88. The molecule has 2 saturated heterocycles. The van der Waals surface area contributed by atoms with Crippen molar-refractivity contribution in [2.24, 2.45) is 0 Å². The van der Waals surface area contributed by atoms with Crippen molar-refractivity contribution in [1.29, 1.82) is 0 Å². The highest BCUT2D eigenvalue weighted by Gasteiger charge is 2.41. The number of Topliss-reactive ketones (excluding diaryl/α,β-unsaturated/α-hetero) is 1. The number of nitrogens with zero attached hydrogens (tertiary/aromatic N) is 6. The van der Waals surface area contributed by atoms with E-state index in [1.807, 2.05) is 6.07 Å². The van der Waals surface area contributed by atoms with Crippen LogP contribution in [0.2, 0.25) is 5.02 Å². The molecule has 3 aromatic heterocycles. The number of hydrogen-bond acceptors (Lipinski definition) is 8. The summed E-state index contributed by atoms with van der Waals surface area (Å²) >= 11 is 6.26. The number of oxazole rings is 1. The van der Waals surface area contributed by atoms with Crippen molar-refractivity contribution in [1.82, 2.24) is 15.0 Å². The molecule has 0 atom stereocenters. The van der Waals surface area contributed by atoms with Crippen LogP contribution in [0, 0.1) is 0 Å².